The third-order valence-corrected chi connectivity index (χ3v) is 11.0. The van der Waals surface area contributed by atoms with E-state index in [0.717, 1.165) is 6.42 Å². The van der Waals surface area contributed by atoms with E-state index in [1.54, 1.807) is 25.1 Å². The van der Waals surface area contributed by atoms with Crippen LogP contribution in [-0.4, -0.2) is 65.1 Å². The molecule has 2 aromatic rings. The van der Waals surface area contributed by atoms with Gasteiger partial charge in [-0.15, -0.1) is 0 Å². The van der Waals surface area contributed by atoms with Crippen LogP contribution in [0.5, 0.6) is 11.6 Å². The lowest BCUT2D eigenvalue weighted by Gasteiger charge is -2.38. The van der Waals surface area contributed by atoms with E-state index in [2.05, 4.69) is 10.3 Å². The average Bonchev–Trinajstić information content (AvgIpc) is 3.56. The zero-order valence-electron chi connectivity index (χ0n) is 28.4. The first kappa shape index (κ1) is 33.4. The summed E-state index contributed by atoms with van der Waals surface area (Å²) in [6, 6.07) is 4.60. The number of Topliss-reactive ketones (excluding diaryl/α,β-unsaturated/α-hetero) is 1. The lowest BCUT2D eigenvalue weighted by atomic mass is 9.83. The molecule has 47 heavy (non-hydrogen) atoms. The molecule has 1 N–H and O–H groups in total. The van der Waals surface area contributed by atoms with Crippen molar-refractivity contribution in [3.05, 3.63) is 29.8 Å². The first-order valence-electron chi connectivity index (χ1n) is 16.9. The van der Waals surface area contributed by atoms with Crippen LogP contribution < -0.4 is 14.8 Å². The Hall–Kier alpha value is -3.50. The Morgan fingerprint density at radius 3 is 2.60 bits per heavy atom. The van der Waals surface area contributed by atoms with Gasteiger partial charge in [0.05, 0.1) is 30.8 Å². The zero-order valence-corrected chi connectivity index (χ0v) is 28.4. The van der Waals surface area contributed by atoms with Gasteiger partial charge in [-0.25, -0.2) is 18.6 Å². The number of hydrogen-bond acceptors (Lipinski definition) is 7. The number of ketones is 1. The SMILES string of the molecule is COc1ccc2cc3c(nc2c1)O[C@H]1CN(C(=O)[C@H](C(C)(C)C)NC(=O)O[C@]2(C)CC4CC4[C@H]2CCCCC3(F)F)[C@H](C(C)=O)[C@@H]1C. The van der Waals surface area contributed by atoms with Crippen LogP contribution in [-0.2, 0) is 20.2 Å². The smallest absolute Gasteiger partial charge is 0.408 e. The molecule has 2 aliphatic carbocycles. The first-order chi connectivity index (χ1) is 22.0. The molecular formula is C36H47F2N3O6. The van der Waals surface area contributed by atoms with Crippen molar-refractivity contribution in [1.82, 2.24) is 15.2 Å². The Morgan fingerprint density at radius 1 is 1.17 bits per heavy atom. The van der Waals surface area contributed by atoms with Crippen molar-refractivity contribution < 1.29 is 37.4 Å². The Kier molecular flexibility index (Phi) is 8.44. The van der Waals surface area contributed by atoms with E-state index < -0.39 is 59.5 Å². The highest BCUT2D eigenvalue weighted by Crippen LogP contribution is 2.62. The van der Waals surface area contributed by atoms with Crippen LogP contribution in [0.2, 0.25) is 0 Å². The van der Waals surface area contributed by atoms with Crippen molar-refractivity contribution in [2.24, 2.45) is 29.1 Å². The van der Waals surface area contributed by atoms with E-state index in [-0.39, 0.29) is 36.1 Å². The van der Waals surface area contributed by atoms with E-state index in [1.807, 2.05) is 27.7 Å². The van der Waals surface area contributed by atoms with Crippen molar-refractivity contribution in [3.63, 3.8) is 0 Å². The first-order valence-corrected chi connectivity index (χ1v) is 16.9. The fourth-order valence-electron chi connectivity index (χ4n) is 8.45. The Bertz CT molecular complexity index is 1580. The minimum Gasteiger partial charge on any atom is -0.497 e. The number of carbonyl (C=O) groups is 3. The summed E-state index contributed by atoms with van der Waals surface area (Å²) >= 11 is 0. The zero-order chi connectivity index (χ0) is 34.1. The summed E-state index contributed by atoms with van der Waals surface area (Å²) in [5.74, 6) is -3.30. The average molecular weight is 656 g/mol. The summed E-state index contributed by atoms with van der Waals surface area (Å²) in [4.78, 5) is 46.9. The number of alkyl carbamates (subject to hydrolysis) is 1. The van der Waals surface area contributed by atoms with Crippen LogP contribution in [0.1, 0.15) is 85.6 Å². The van der Waals surface area contributed by atoms with Gasteiger partial charge in [0.2, 0.25) is 11.8 Å². The number of alkyl halides is 2. The molecule has 2 amide bonds. The molecule has 256 valence electrons. The highest BCUT2D eigenvalue weighted by molar-refractivity contribution is 5.92. The summed E-state index contributed by atoms with van der Waals surface area (Å²) in [6.45, 7) is 10.6. The number of hydrogen-bond donors (Lipinski definition) is 1. The van der Waals surface area contributed by atoms with Crippen molar-refractivity contribution in [2.45, 2.75) is 110 Å². The van der Waals surface area contributed by atoms with Crippen LogP contribution in [0.15, 0.2) is 24.3 Å². The molecule has 2 saturated carbocycles. The predicted molar refractivity (Wildman–Crippen MR) is 171 cm³/mol. The van der Waals surface area contributed by atoms with Crippen LogP contribution >= 0.6 is 0 Å². The molecular weight excluding hydrogens is 608 g/mol. The van der Waals surface area contributed by atoms with E-state index >= 15 is 8.78 Å². The number of methoxy groups -OCH3 is 1. The van der Waals surface area contributed by atoms with Gasteiger partial charge in [-0.3, -0.25) is 9.59 Å². The van der Waals surface area contributed by atoms with Gasteiger partial charge in [0.25, 0.3) is 5.92 Å². The largest absolute Gasteiger partial charge is 0.497 e. The number of halogens is 2. The molecule has 1 saturated heterocycles. The molecule has 3 fully saturated rings. The lowest BCUT2D eigenvalue weighted by molar-refractivity contribution is -0.141. The summed E-state index contributed by atoms with van der Waals surface area (Å²) in [7, 11) is 1.52. The molecule has 4 aliphatic rings. The number of ether oxygens (including phenoxy) is 3. The van der Waals surface area contributed by atoms with Gasteiger partial charge in [-0.05, 0) is 75.0 Å². The second kappa shape index (κ2) is 11.9. The molecule has 9 nitrogen and oxygen atoms in total. The third kappa shape index (κ3) is 6.26. The van der Waals surface area contributed by atoms with E-state index in [1.165, 1.54) is 25.0 Å². The van der Waals surface area contributed by atoms with E-state index in [9.17, 15) is 14.4 Å². The third-order valence-electron chi connectivity index (χ3n) is 11.0. The summed E-state index contributed by atoms with van der Waals surface area (Å²) in [5, 5.41) is 3.39. The van der Waals surface area contributed by atoms with Gasteiger partial charge < -0.3 is 24.4 Å². The normalized spacial score (nSPS) is 34.1. The molecule has 11 heteroatoms. The van der Waals surface area contributed by atoms with Crippen molar-refractivity contribution in [3.8, 4) is 11.6 Å². The topological polar surface area (TPSA) is 107 Å². The van der Waals surface area contributed by atoms with Gasteiger partial charge in [0.15, 0.2) is 5.78 Å². The van der Waals surface area contributed by atoms with Gasteiger partial charge in [0, 0.05) is 29.7 Å². The van der Waals surface area contributed by atoms with Crippen LogP contribution in [0.25, 0.3) is 10.9 Å². The molecule has 0 spiro atoms. The number of nitrogens with zero attached hydrogens (tertiary/aromatic N) is 2. The van der Waals surface area contributed by atoms with Crippen molar-refractivity contribution >= 4 is 28.7 Å². The fourth-order valence-corrected chi connectivity index (χ4v) is 8.45. The number of benzene rings is 1. The number of nitrogens with one attached hydrogen (secondary N) is 1. The quantitative estimate of drug-likeness (QED) is 0.386. The summed E-state index contributed by atoms with van der Waals surface area (Å²) < 4.78 is 50.3. The minimum absolute atomic E-state index is 0.0421. The summed E-state index contributed by atoms with van der Waals surface area (Å²) in [5.41, 5.74) is -1.37. The maximum atomic E-state index is 16.2. The maximum Gasteiger partial charge on any atom is 0.408 e. The minimum atomic E-state index is -3.26. The predicted octanol–water partition coefficient (Wildman–Crippen LogP) is 6.65. The maximum absolute atomic E-state index is 16.2. The number of carbonyl (C=O) groups excluding carboxylic acids is 3. The van der Waals surface area contributed by atoms with Gasteiger partial charge in [-0.2, -0.15) is 0 Å². The molecule has 3 heterocycles. The second-order valence-electron chi connectivity index (χ2n) is 15.5. The standard InChI is InChI=1S/C36H47F2N3O6/c1-19-28-18-41(29(19)20(2)42)32(43)30(34(3,4)5)40-33(44)47-35(6)17-22-14-24(22)25(35)10-8-9-13-36(37,38)26-15-21-11-12-23(45-7)16-27(21)39-31(26)46-28/h11-12,15-16,19,22,24-25,28-30H,8-10,13-14,17-18H2,1-7H3,(H,40,44)/t19-,22?,24?,25-,28+,29+,30-,35-/m1/s1. The number of aromatic nitrogens is 1. The fraction of sp³-hybridized carbons (Fsp3) is 0.667. The highest BCUT2D eigenvalue weighted by atomic mass is 19.3. The Labute approximate surface area is 275 Å². The number of fused-ring (bicyclic) bond motifs is 7. The molecule has 6 rings (SSSR count). The molecule has 1 aromatic carbocycles. The van der Waals surface area contributed by atoms with Crippen molar-refractivity contribution in [1.29, 1.82) is 0 Å². The summed E-state index contributed by atoms with van der Waals surface area (Å²) in [6.07, 6.45) is 1.36. The highest BCUT2D eigenvalue weighted by Gasteiger charge is 2.61. The van der Waals surface area contributed by atoms with Crippen molar-refractivity contribution in [2.75, 3.05) is 13.7 Å². The number of pyridine rings is 1. The molecule has 2 aliphatic heterocycles. The number of rotatable bonds is 2. The molecule has 1 aromatic heterocycles. The molecule has 0 radical (unpaired) electrons. The van der Waals surface area contributed by atoms with Gasteiger partial charge in [-0.1, -0.05) is 34.1 Å². The van der Waals surface area contributed by atoms with Gasteiger partial charge in [0.1, 0.15) is 23.5 Å². The molecule has 8 atom stereocenters. The Morgan fingerprint density at radius 2 is 1.91 bits per heavy atom. The molecule has 2 unspecified atom stereocenters. The monoisotopic (exact) mass is 655 g/mol. The van der Waals surface area contributed by atoms with Crippen LogP contribution in [0, 0.1) is 29.1 Å². The van der Waals surface area contributed by atoms with Crippen LogP contribution in [0.4, 0.5) is 13.6 Å². The Balaban J connectivity index is 1.42. The van der Waals surface area contributed by atoms with Gasteiger partial charge >= 0.3 is 6.09 Å². The van der Waals surface area contributed by atoms with E-state index in [0.29, 0.717) is 47.8 Å². The van der Waals surface area contributed by atoms with Crippen LogP contribution in [0.3, 0.4) is 0 Å². The number of amides is 2. The lowest BCUT2D eigenvalue weighted by Crippen LogP contribution is -2.58. The molecule has 2 bridgehead atoms. The van der Waals surface area contributed by atoms with E-state index in [4.69, 9.17) is 14.2 Å². The second-order valence-corrected chi connectivity index (χ2v) is 15.5.